The van der Waals surface area contributed by atoms with E-state index in [0.29, 0.717) is 12.2 Å². The van der Waals surface area contributed by atoms with Gasteiger partial charge in [0.1, 0.15) is 0 Å². The Morgan fingerprint density at radius 2 is 1.89 bits per heavy atom. The number of carbonyl (C=O) groups is 1. The minimum Gasteiger partial charge on any atom is -0.345 e. The highest BCUT2D eigenvalue weighted by Crippen LogP contribution is 2.23. The van der Waals surface area contributed by atoms with Gasteiger partial charge in [0.15, 0.2) is 5.69 Å². The van der Waals surface area contributed by atoms with Crippen LogP contribution >= 0.6 is 0 Å². The standard InChI is InChI=1S/C22H19N5O/c1-16-7-9-19(10-8-16)27-21(17-5-4-11-23-14-17)13-20(26-27)22(28)25-15-18-6-2-3-12-24-18/h2-14H,15H2,1H3,(H,25,28). The Kier molecular flexibility index (Phi) is 4.93. The highest BCUT2D eigenvalue weighted by molar-refractivity contribution is 5.93. The molecule has 6 heteroatoms. The van der Waals surface area contributed by atoms with Gasteiger partial charge >= 0.3 is 0 Å². The van der Waals surface area contributed by atoms with Crippen molar-refractivity contribution in [3.8, 4) is 16.9 Å². The maximum atomic E-state index is 12.7. The van der Waals surface area contributed by atoms with Crippen LogP contribution in [0.4, 0.5) is 0 Å². The van der Waals surface area contributed by atoms with Gasteiger partial charge < -0.3 is 5.32 Å². The number of hydrogen-bond donors (Lipinski definition) is 1. The van der Waals surface area contributed by atoms with Crippen molar-refractivity contribution in [2.24, 2.45) is 0 Å². The molecule has 4 rings (SSSR count). The van der Waals surface area contributed by atoms with Gasteiger partial charge in [-0.15, -0.1) is 0 Å². The van der Waals surface area contributed by atoms with Gasteiger partial charge in [0.25, 0.3) is 5.91 Å². The fraction of sp³-hybridized carbons (Fsp3) is 0.0909. The third kappa shape index (κ3) is 3.81. The molecule has 0 spiro atoms. The summed E-state index contributed by atoms with van der Waals surface area (Å²) in [6, 6.07) is 19.2. The topological polar surface area (TPSA) is 72.7 Å². The SMILES string of the molecule is Cc1ccc(-n2nc(C(=O)NCc3ccccn3)cc2-c2cccnc2)cc1. The molecule has 28 heavy (non-hydrogen) atoms. The second-order valence-corrected chi connectivity index (χ2v) is 6.41. The van der Waals surface area contributed by atoms with E-state index in [0.717, 1.165) is 28.2 Å². The lowest BCUT2D eigenvalue weighted by molar-refractivity contribution is 0.0945. The molecule has 0 aliphatic heterocycles. The van der Waals surface area contributed by atoms with E-state index >= 15 is 0 Å². The van der Waals surface area contributed by atoms with Crippen LogP contribution < -0.4 is 5.32 Å². The van der Waals surface area contributed by atoms with E-state index in [-0.39, 0.29) is 5.91 Å². The molecule has 0 unspecified atom stereocenters. The van der Waals surface area contributed by atoms with Crippen molar-refractivity contribution in [3.63, 3.8) is 0 Å². The van der Waals surface area contributed by atoms with Crippen molar-refractivity contribution < 1.29 is 4.79 Å². The van der Waals surface area contributed by atoms with Crippen molar-refractivity contribution in [1.82, 2.24) is 25.1 Å². The first-order valence-corrected chi connectivity index (χ1v) is 8.96. The van der Waals surface area contributed by atoms with E-state index < -0.39 is 0 Å². The summed E-state index contributed by atoms with van der Waals surface area (Å²) in [7, 11) is 0. The molecule has 0 saturated carbocycles. The quantitative estimate of drug-likeness (QED) is 0.584. The van der Waals surface area contributed by atoms with E-state index in [2.05, 4.69) is 20.4 Å². The molecular formula is C22H19N5O. The number of pyridine rings is 2. The van der Waals surface area contributed by atoms with Crippen LogP contribution in [-0.2, 0) is 6.54 Å². The first-order valence-electron chi connectivity index (χ1n) is 8.96. The summed E-state index contributed by atoms with van der Waals surface area (Å²) in [5.74, 6) is -0.248. The number of benzene rings is 1. The summed E-state index contributed by atoms with van der Waals surface area (Å²) >= 11 is 0. The highest BCUT2D eigenvalue weighted by atomic mass is 16.1. The zero-order valence-electron chi connectivity index (χ0n) is 15.4. The lowest BCUT2D eigenvalue weighted by Crippen LogP contribution is -2.23. The molecule has 0 fully saturated rings. The zero-order valence-corrected chi connectivity index (χ0v) is 15.4. The minimum atomic E-state index is -0.248. The largest absolute Gasteiger partial charge is 0.345 e. The molecular weight excluding hydrogens is 350 g/mol. The van der Waals surface area contributed by atoms with E-state index in [9.17, 15) is 4.79 Å². The van der Waals surface area contributed by atoms with E-state index in [1.165, 1.54) is 0 Å². The molecule has 0 aliphatic carbocycles. The Labute approximate surface area is 162 Å². The van der Waals surface area contributed by atoms with Crippen LogP contribution in [0.15, 0.2) is 79.3 Å². The van der Waals surface area contributed by atoms with Gasteiger partial charge in [0, 0.05) is 24.2 Å². The van der Waals surface area contributed by atoms with Crippen molar-refractivity contribution in [3.05, 3.63) is 96.2 Å². The number of hydrogen-bond acceptors (Lipinski definition) is 4. The average molecular weight is 369 g/mol. The van der Waals surface area contributed by atoms with Gasteiger partial charge in [0.05, 0.1) is 23.6 Å². The van der Waals surface area contributed by atoms with Crippen LogP contribution in [0.5, 0.6) is 0 Å². The van der Waals surface area contributed by atoms with Gasteiger partial charge in [-0.3, -0.25) is 14.8 Å². The van der Waals surface area contributed by atoms with Crippen LogP contribution in [0.3, 0.4) is 0 Å². The zero-order chi connectivity index (χ0) is 19.3. The molecule has 6 nitrogen and oxygen atoms in total. The van der Waals surface area contributed by atoms with Crippen molar-refractivity contribution in [1.29, 1.82) is 0 Å². The molecule has 1 N–H and O–H groups in total. The predicted molar refractivity (Wildman–Crippen MR) is 107 cm³/mol. The van der Waals surface area contributed by atoms with Crippen LogP contribution in [0.2, 0.25) is 0 Å². The molecule has 1 aromatic carbocycles. The van der Waals surface area contributed by atoms with Gasteiger partial charge in [-0.2, -0.15) is 5.10 Å². The average Bonchev–Trinajstić information content (AvgIpc) is 3.19. The molecule has 0 aliphatic rings. The summed E-state index contributed by atoms with van der Waals surface area (Å²) in [6.45, 7) is 2.38. The van der Waals surface area contributed by atoms with E-state index in [1.807, 2.05) is 61.5 Å². The number of nitrogens with zero attached hydrogens (tertiary/aromatic N) is 4. The van der Waals surface area contributed by atoms with E-state index in [4.69, 9.17) is 0 Å². The molecule has 0 bridgehead atoms. The maximum absolute atomic E-state index is 12.7. The second-order valence-electron chi connectivity index (χ2n) is 6.41. The number of rotatable bonds is 5. The van der Waals surface area contributed by atoms with Gasteiger partial charge in [-0.1, -0.05) is 23.8 Å². The summed E-state index contributed by atoms with van der Waals surface area (Å²) < 4.78 is 1.77. The number of aryl methyl sites for hydroxylation is 1. The lowest BCUT2D eigenvalue weighted by Gasteiger charge is -2.07. The first-order chi connectivity index (χ1) is 13.7. The minimum absolute atomic E-state index is 0.248. The van der Waals surface area contributed by atoms with Crippen LogP contribution in [-0.4, -0.2) is 25.7 Å². The molecule has 0 atom stereocenters. The van der Waals surface area contributed by atoms with Gasteiger partial charge in [-0.25, -0.2) is 4.68 Å². The molecule has 1 amide bonds. The molecule has 4 aromatic rings. The predicted octanol–water partition coefficient (Wildman–Crippen LogP) is 3.57. The van der Waals surface area contributed by atoms with E-state index in [1.54, 1.807) is 29.3 Å². The van der Waals surface area contributed by atoms with Crippen molar-refractivity contribution in [2.45, 2.75) is 13.5 Å². The Hall–Kier alpha value is -3.80. The molecule has 0 saturated heterocycles. The first kappa shape index (κ1) is 17.6. The van der Waals surface area contributed by atoms with Crippen LogP contribution in [0.25, 0.3) is 16.9 Å². The Bertz CT molecular complexity index is 1070. The molecule has 3 aromatic heterocycles. The number of amides is 1. The van der Waals surface area contributed by atoms with Crippen LogP contribution in [0.1, 0.15) is 21.7 Å². The normalized spacial score (nSPS) is 10.6. The van der Waals surface area contributed by atoms with Crippen molar-refractivity contribution >= 4 is 5.91 Å². The van der Waals surface area contributed by atoms with Gasteiger partial charge in [-0.05, 0) is 49.4 Å². The molecule has 0 radical (unpaired) electrons. The monoisotopic (exact) mass is 369 g/mol. The highest BCUT2D eigenvalue weighted by Gasteiger charge is 2.17. The van der Waals surface area contributed by atoms with Gasteiger partial charge in [0.2, 0.25) is 0 Å². The lowest BCUT2D eigenvalue weighted by atomic mass is 10.2. The summed E-state index contributed by atoms with van der Waals surface area (Å²) in [6.07, 6.45) is 5.18. The smallest absolute Gasteiger partial charge is 0.272 e. The fourth-order valence-electron chi connectivity index (χ4n) is 2.86. The van der Waals surface area contributed by atoms with Crippen LogP contribution in [0, 0.1) is 6.92 Å². The third-order valence-corrected chi connectivity index (χ3v) is 4.33. The maximum Gasteiger partial charge on any atom is 0.272 e. The van der Waals surface area contributed by atoms with Crippen molar-refractivity contribution in [2.75, 3.05) is 0 Å². The summed E-state index contributed by atoms with van der Waals surface area (Å²) in [5, 5.41) is 7.43. The third-order valence-electron chi connectivity index (χ3n) is 4.33. The Morgan fingerprint density at radius 1 is 1.04 bits per heavy atom. The fourth-order valence-corrected chi connectivity index (χ4v) is 2.86. The number of nitrogens with one attached hydrogen (secondary N) is 1. The summed E-state index contributed by atoms with van der Waals surface area (Å²) in [4.78, 5) is 21.1. The second kappa shape index (κ2) is 7.84. The Balaban J connectivity index is 1.66. The Morgan fingerprint density at radius 3 is 2.61 bits per heavy atom. The molecule has 3 heterocycles. The molecule has 138 valence electrons. The summed E-state index contributed by atoms with van der Waals surface area (Å²) in [5.41, 5.74) is 4.87. The number of carbonyl (C=O) groups excluding carboxylic acids is 1. The number of aromatic nitrogens is 4.